The van der Waals surface area contributed by atoms with E-state index in [4.69, 9.17) is 14.2 Å². The number of rotatable bonds is 8. The minimum atomic E-state index is -0.582. The maximum absolute atomic E-state index is 12.6. The predicted octanol–water partition coefficient (Wildman–Crippen LogP) is 3.00. The highest BCUT2D eigenvalue weighted by Crippen LogP contribution is 2.19. The average molecular weight is 421 g/mol. The number of likely N-dealkylation sites (tertiary alicyclic amines) is 1. The average Bonchev–Trinajstić information content (AvgIpc) is 2.70. The quantitative estimate of drug-likeness (QED) is 0.650. The topological polar surface area (TPSA) is 94.2 Å². The molecule has 1 saturated heterocycles. The van der Waals surface area contributed by atoms with Crippen LogP contribution in [0.25, 0.3) is 0 Å². The fourth-order valence-corrected chi connectivity index (χ4v) is 3.09. The molecule has 30 heavy (non-hydrogen) atoms. The molecule has 1 heterocycles. The Morgan fingerprint density at radius 3 is 2.57 bits per heavy atom. The molecule has 1 atom stereocenters. The molecule has 1 aliphatic heterocycles. The number of nitrogens with zero attached hydrogens (tertiary/aromatic N) is 1. The maximum atomic E-state index is 12.6. The first kappa shape index (κ1) is 23.7. The van der Waals surface area contributed by atoms with Crippen LogP contribution in [0.1, 0.15) is 52.0 Å². The molecule has 2 rings (SSSR count). The number of alkyl carbamates (subject to hydrolysis) is 1. The molecule has 1 fully saturated rings. The number of esters is 1. The van der Waals surface area contributed by atoms with E-state index in [0.29, 0.717) is 19.5 Å². The molecular weight excluding hydrogens is 388 g/mol. The van der Waals surface area contributed by atoms with Crippen LogP contribution in [-0.2, 0) is 30.3 Å². The van der Waals surface area contributed by atoms with Crippen LogP contribution in [-0.4, -0.2) is 54.5 Å². The van der Waals surface area contributed by atoms with Crippen molar-refractivity contribution in [3.8, 4) is 0 Å². The van der Waals surface area contributed by atoms with Gasteiger partial charge in [0.05, 0.1) is 6.42 Å². The lowest BCUT2D eigenvalue weighted by Gasteiger charge is -2.35. The third kappa shape index (κ3) is 8.82. The van der Waals surface area contributed by atoms with E-state index in [0.717, 1.165) is 18.4 Å². The Morgan fingerprint density at radius 2 is 1.87 bits per heavy atom. The van der Waals surface area contributed by atoms with E-state index >= 15 is 0 Å². The van der Waals surface area contributed by atoms with Crippen LogP contribution >= 0.6 is 0 Å². The molecule has 2 amide bonds. The molecule has 0 radical (unpaired) electrons. The van der Waals surface area contributed by atoms with Crippen LogP contribution in [0, 0.1) is 0 Å². The molecule has 8 heteroatoms. The Balaban J connectivity index is 1.71. The zero-order valence-corrected chi connectivity index (χ0v) is 18.0. The Morgan fingerprint density at radius 1 is 1.13 bits per heavy atom. The number of amides is 2. The molecular formula is C22H32N2O6. The Labute approximate surface area is 177 Å². The van der Waals surface area contributed by atoms with Crippen molar-refractivity contribution in [2.75, 3.05) is 19.8 Å². The normalized spacial score (nSPS) is 16.6. The van der Waals surface area contributed by atoms with Gasteiger partial charge in [-0.2, -0.15) is 0 Å². The summed E-state index contributed by atoms with van der Waals surface area (Å²) in [5.41, 5.74) is 0.379. The van der Waals surface area contributed by atoms with E-state index in [2.05, 4.69) is 5.32 Å². The molecule has 1 N–H and O–H groups in total. The third-order valence-electron chi connectivity index (χ3n) is 4.41. The number of nitrogens with one attached hydrogen (secondary N) is 1. The van der Waals surface area contributed by atoms with Gasteiger partial charge in [-0.25, -0.2) is 9.59 Å². The lowest BCUT2D eigenvalue weighted by atomic mass is 10.1. The molecule has 0 bridgehead atoms. The van der Waals surface area contributed by atoms with Gasteiger partial charge in [-0.15, -0.1) is 0 Å². The van der Waals surface area contributed by atoms with Crippen molar-refractivity contribution in [2.45, 2.75) is 64.8 Å². The third-order valence-corrected chi connectivity index (χ3v) is 4.41. The van der Waals surface area contributed by atoms with Gasteiger partial charge < -0.3 is 24.4 Å². The highest BCUT2D eigenvalue weighted by atomic mass is 16.6. The van der Waals surface area contributed by atoms with E-state index in [9.17, 15) is 14.4 Å². The molecule has 0 saturated carbocycles. The van der Waals surface area contributed by atoms with Crippen molar-refractivity contribution in [1.82, 2.24) is 10.2 Å². The molecule has 0 spiro atoms. The number of piperidine rings is 1. The van der Waals surface area contributed by atoms with Crippen LogP contribution in [0.4, 0.5) is 4.79 Å². The zero-order valence-electron chi connectivity index (χ0n) is 18.0. The monoisotopic (exact) mass is 420 g/mol. The van der Waals surface area contributed by atoms with Crippen molar-refractivity contribution >= 4 is 18.0 Å². The van der Waals surface area contributed by atoms with E-state index < -0.39 is 23.9 Å². The standard InChI is InChI=1S/C22H32N2O6/c1-22(2,3)30-20(26)16-29-19-11-7-8-13-24(19)18(25)12-14-28-21(27)23-15-17-9-5-4-6-10-17/h4-6,9-10,19H,7-8,11-16H2,1-3H3,(H,23,27). The molecule has 0 aliphatic carbocycles. The van der Waals surface area contributed by atoms with Gasteiger partial charge >= 0.3 is 12.1 Å². The highest BCUT2D eigenvalue weighted by Gasteiger charge is 2.28. The second-order valence-corrected chi connectivity index (χ2v) is 8.16. The smallest absolute Gasteiger partial charge is 0.407 e. The lowest BCUT2D eigenvalue weighted by molar-refractivity contribution is -0.173. The summed E-state index contributed by atoms with van der Waals surface area (Å²) in [6, 6.07) is 9.48. The first-order valence-corrected chi connectivity index (χ1v) is 10.3. The van der Waals surface area contributed by atoms with Gasteiger partial charge in [0.15, 0.2) is 0 Å². The van der Waals surface area contributed by atoms with Crippen LogP contribution in [0.5, 0.6) is 0 Å². The molecule has 1 unspecified atom stereocenters. The number of hydrogen-bond acceptors (Lipinski definition) is 6. The SMILES string of the molecule is CC(C)(C)OC(=O)COC1CCCCN1C(=O)CCOC(=O)NCc1ccccc1. The van der Waals surface area contributed by atoms with Crippen LogP contribution in [0.3, 0.4) is 0 Å². The van der Waals surface area contributed by atoms with Crippen molar-refractivity contribution in [1.29, 1.82) is 0 Å². The second-order valence-electron chi connectivity index (χ2n) is 8.16. The number of carbonyl (C=O) groups excluding carboxylic acids is 3. The summed E-state index contributed by atoms with van der Waals surface area (Å²) in [6.45, 7) is 6.06. The van der Waals surface area contributed by atoms with Crippen LogP contribution < -0.4 is 5.32 Å². The molecule has 0 aromatic heterocycles. The van der Waals surface area contributed by atoms with Gasteiger partial charge in [0.2, 0.25) is 5.91 Å². The van der Waals surface area contributed by atoms with Gasteiger partial charge in [-0.3, -0.25) is 4.79 Å². The first-order valence-electron chi connectivity index (χ1n) is 10.3. The van der Waals surface area contributed by atoms with E-state index in [1.54, 1.807) is 25.7 Å². The summed E-state index contributed by atoms with van der Waals surface area (Å²) in [4.78, 5) is 37.8. The fourth-order valence-electron chi connectivity index (χ4n) is 3.09. The van der Waals surface area contributed by atoms with E-state index in [-0.39, 0.29) is 25.5 Å². The largest absolute Gasteiger partial charge is 0.458 e. The van der Waals surface area contributed by atoms with Crippen LogP contribution in [0.15, 0.2) is 30.3 Å². The van der Waals surface area contributed by atoms with Crippen molar-refractivity contribution < 1.29 is 28.6 Å². The van der Waals surface area contributed by atoms with Gasteiger partial charge in [-0.1, -0.05) is 30.3 Å². The fraction of sp³-hybridized carbons (Fsp3) is 0.591. The molecule has 8 nitrogen and oxygen atoms in total. The zero-order chi connectivity index (χ0) is 22.0. The van der Waals surface area contributed by atoms with Gasteiger partial charge in [0.25, 0.3) is 0 Å². The predicted molar refractivity (Wildman–Crippen MR) is 110 cm³/mol. The number of hydrogen-bond donors (Lipinski definition) is 1. The second kappa shape index (κ2) is 11.5. The molecule has 1 aromatic carbocycles. The summed E-state index contributed by atoms with van der Waals surface area (Å²) >= 11 is 0. The number of ether oxygens (including phenoxy) is 3. The van der Waals surface area contributed by atoms with E-state index in [1.165, 1.54) is 0 Å². The first-order chi connectivity index (χ1) is 14.2. The highest BCUT2D eigenvalue weighted by molar-refractivity contribution is 5.77. The summed E-state index contributed by atoms with van der Waals surface area (Å²) in [5, 5.41) is 2.65. The summed E-state index contributed by atoms with van der Waals surface area (Å²) in [6.07, 6.45) is 1.48. The number of carbonyl (C=O) groups is 3. The number of benzene rings is 1. The Kier molecular flexibility index (Phi) is 9.11. The van der Waals surface area contributed by atoms with Gasteiger partial charge in [-0.05, 0) is 45.6 Å². The van der Waals surface area contributed by atoms with E-state index in [1.807, 2.05) is 30.3 Å². The van der Waals surface area contributed by atoms with Gasteiger partial charge in [0, 0.05) is 13.1 Å². The lowest BCUT2D eigenvalue weighted by Crippen LogP contribution is -2.46. The summed E-state index contributed by atoms with van der Waals surface area (Å²) in [5.74, 6) is -0.626. The minimum absolute atomic E-state index is 0.0191. The Bertz CT molecular complexity index is 701. The van der Waals surface area contributed by atoms with Crippen molar-refractivity contribution in [3.63, 3.8) is 0 Å². The minimum Gasteiger partial charge on any atom is -0.458 e. The van der Waals surface area contributed by atoms with Gasteiger partial charge in [0.1, 0.15) is 25.0 Å². The Hall–Kier alpha value is -2.61. The van der Waals surface area contributed by atoms with Crippen molar-refractivity contribution in [3.05, 3.63) is 35.9 Å². The summed E-state index contributed by atoms with van der Waals surface area (Å²) in [7, 11) is 0. The van der Waals surface area contributed by atoms with Crippen LogP contribution in [0.2, 0.25) is 0 Å². The maximum Gasteiger partial charge on any atom is 0.407 e. The molecule has 1 aliphatic rings. The summed E-state index contributed by atoms with van der Waals surface area (Å²) < 4.78 is 16.0. The molecule has 1 aromatic rings. The molecule has 166 valence electrons. The van der Waals surface area contributed by atoms with Crippen molar-refractivity contribution in [2.24, 2.45) is 0 Å².